The monoisotopic (exact) mass is 351 g/mol. The lowest BCUT2D eigenvalue weighted by Gasteiger charge is -2.18. The summed E-state index contributed by atoms with van der Waals surface area (Å²) in [5.41, 5.74) is 4.29. The number of hydrogen-bond donors (Lipinski definition) is 1. The Morgan fingerprint density at radius 2 is 1.35 bits per heavy atom. The maximum absolute atomic E-state index is 5.31. The second-order valence-corrected chi connectivity index (χ2v) is 8.85. The molecule has 0 aliphatic carbocycles. The van der Waals surface area contributed by atoms with Crippen LogP contribution in [0, 0.1) is 0 Å². The maximum atomic E-state index is 5.31. The molecule has 0 spiro atoms. The summed E-state index contributed by atoms with van der Waals surface area (Å²) in [6.45, 7) is 13.6. The van der Waals surface area contributed by atoms with E-state index in [1.807, 2.05) is 12.3 Å². The topological polar surface area (TPSA) is 34.2 Å². The molecule has 1 aliphatic heterocycles. The Kier molecular flexibility index (Phi) is 4.74. The zero-order valence-electron chi connectivity index (χ0n) is 16.6. The molecule has 0 radical (unpaired) electrons. The maximum Gasteiger partial charge on any atom is 0.231 e. The molecule has 138 valence electrons. The normalized spacial score (nSPS) is 13.5. The van der Waals surface area contributed by atoms with E-state index in [0.717, 1.165) is 11.5 Å². The largest absolute Gasteiger partial charge is 0.454 e. The summed E-state index contributed by atoms with van der Waals surface area (Å²) in [5, 5.41) is 1.30. The van der Waals surface area contributed by atoms with Gasteiger partial charge in [-0.1, -0.05) is 53.7 Å². The Balaban J connectivity index is 0.000000151. The molecule has 3 heteroatoms. The smallest absolute Gasteiger partial charge is 0.231 e. The van der Waals surface area contributed by atoms with E-state index >= 15 is 0 Å². The van der Waals surface area contributed by atoms with Crippen LogP contribution < -0.4 is 9.47 Å². The Labute approximate surface area is 156 Å². The van der Waals surface area contributed by atoms with Crippen molar-refractivity contribution in [2.24, 2.45) is 0 Å². The minimum Gasteiger partial charge on any atom is -0.454 e. The fourth-order valence-electron chi connectivity index (χ4n) is 2.88. The van der Waals surface area contributed by atoms with Crippen LogP contribution >= 0.6 is 0 Å². The van der Waals surface area contributed by atoms with Crippen molar-refractivity contribution in [3.63, 3.8) is 0 Å². The molecule has 0 saturated carbocycles. The average Bonchev–Trinajstić information content (AvgIpc) is 3.21. The van der Waals surface area contributed by atoms with Crippen LogP contribution in [0.5, 0.6) is 11.5 Å². The van der Waals surface area contributed by atoms with E-state index in [-0.39, 0.29) is 10.8 Å². The van der Waals surface area contributed by atoms with E-state index in [2.05, 4.69) is 82.9 Å². The minimum atomic E-state index is 0.168. The van der Waals surface area contributed by atoms with Crippen molar-refractivity contribution in [2.45, 2.75) is 52.4 Å². The van der Waals surface area contributed by atoms with Gasteiger partial charge in [0.25, 0.3) is 0 Å². The highest BCUT2D eigenvalue weighted by Gasteiger charge is 2.19. The van der Waals surface area contributed by atoms with Gasteiger partial charge >= 0.3 is 0 Å². The van der Waals surface area contributed by atoms with E-state index in [9.17, 15) is 0 Å². The molecular weight excluding hydrogens is 322 g/mol. The first-order valence-corrected chi connectivity index (χ1v) is 9.12. The van der Waals surface area contributed by atoms with Gasteiger partial charge in [0.1, 0.15) is 0 Å². The first kappa shape index (κ1) is 18.4. The molecule has 4 rings (SSSR count). The van der Waals surface area contributed by atoms with Crippen molar-refractivity contribution >= 4 is 10.9 Å². The fraction of sp³-hybridized carbons (Fsp3) is 0.391. The lowest BCUT2D eigenvalue weighted by atomic mass is 9.86. The second kappa shape index (κ2) is 6.71. The van der Waals surface area contributed by atoms with Crippen molar-refractivity contribution in [3.8, 4) is 11.5 Å². The quantitative estimate of drug-likeness (QED) is 0.525. The predicted molar refractivity (Wildman–Crippen MR) is 108 cm³/mol. The van der Waals surface area contributed by atoms with E-state index in [1.165, 1.54) is 22.0 Å². The number of H-pyrrole nitrogens is 1. The summed E-state index contributed by atoms with van der Waals surface area (Å²) in [4.78, 5) is 3.20. The minimum absolute atomic E-state index is 0.168. The van der Waals surface area contributed by atoms with Gasteiger partial charge in [-0.05, 0) is 57.7 Å². The Morgan fingerprint density at radius 1 is 0.731 bits per heavy atom. The first-order chi connectivity index (χ1) is 12.1. The zero-order valence-corrected chi connectivity index (χ0v) is 16.6. The Hall–Kier alpha value is -2.42. The molecule has 3 nitrogen and oxygen atoms in total. The van der Waals surface area contributed by atoms with Crippen molar-refractivity contribution in [1.29, 1.82) is 0 Å². The molecule has 3 aromatic rings. The third-order valence-corrected chi connectivity index (χ3v) is 4.66. The van der Waals surface area contributed by atoms with E-state index < -0.39 is 0 Å². The van der Waals surface area contributed by atoms with Crippen LogP contribution in [0.4, 0.5) is 0 Å². The summed E-state index contributed by atoms with van der Waals surface area (Å²) in [6, 6.07) is 14.8. The van der Waals surface area contributed by atoms with Crippen LogP contribution in [0.2, 0.25) is 0 Å². The summed E-state index contributed by atoms with van der Waals surface area (Å²) >= 11 is 0. The van der Waals surface area contributed by atoms with Crippen molar-refractivity contribution in [2.75, 3.05) is 6.79 Å². The molecule has 1 N–H and O–H groups in total. The number of rotatable bonds is 0. The summed E-state index contributed by atoms with van der Waals surface area (Å²) in [6.07, 6.45) is 1.98. The number of hydrogen-bond acceptors (Lipinski definition) is 2. The Bertz CT molecular complexity index is 894. The predicted octanol–water partition coefficient (Wildman–Crippen LogP) is 6.18. The number of aromatic amines is 1. The molecule has 0 fully saturated rings. The van der Waals surface area contributed by atoms with Crippen LogP contribution in [0.3, 0.4) is 0 Å². The number of benzene rings is 2. The number of fused-ring (bicyclic) bond motifs is 2. The molecule has 0 saturated heterocycles. The first-order valence-electron chi connectivity index (χ1n) is 9.12. The lowest BCUT2D eigenvalue weighted by Crippen LogP contribution is -2.10. The Morgan fingerprint density at radius 3 is 2.04 bits per heavy atom. The van der Waals surface area contributed by atoms with Crippen LogP contribution in [0.25, 0.3) is 10.9 Å². The van der Waals surface area contributed by atoms with Crippen LogP contribution in [0.15, 0.2) is 48.7 Å². The summed E-state index contributed by atoms with van der Waals surface area (Å²) in [5.74, 6) is 1.72. The van der Waals surface area contributed by atoms with Gasteiger partial charge in [0, 0.05) is 11.7 Å². The van der Waals surface area contributed by atoms with Crippen molar-refractivity contribution < 1.29 is 9.47 Å². The molecule has 0 unspecified atom stereocenters. The van der Waals surface area contributed by atoms with Gasteiger partial charge in [-0.25, -0.2) is 0 Å². The zero-order chi connectivity index (χ0) is 18.9. The molecule has 0 atom stereocenters. The third-order valence-electron chi connectivity index (χ3n) is 4.66. The van der Waals surface area contributed by atoms with Crippen LogP contribution in [0.1, 0.15) is 52.7 Å². The summed E-state index contributed by atoms with van der Waals surface area (Å²) in [7, 11) is 0. The molecule has 0 bridgehead atoms. The number of aromatic nitrogens is 1. The van der Waals surface area contributed by atoms with E-state index in [0.29, 0.717) is 6.79 Å². The second-order valence-electron chi connectivity index (χ2n) is 8.85. The fourth-order valence-corrected chi connectivity index (χ4v) is 2.88. The van der Waals surface area contributed by atoms with E-state index in [1.54, 1.807) is 0 Å². The van der Waals surface area contributed by atoms with Crippen LogP contribution in [-0.2, 0) is 10.8 Å². The van der Waals surface area contributed by atoms with Gasteiger partial charge < -0.3 is 14.5 Å². The standard InChI is InChI=1S/C12H15N.C11H14O2/c1-12(2,3)10-4-5-11-9(8-10)6-7-13-11;1-11(2,3)8-4-5-9-10(6-8)13-7-12-9/h4-8,13H,1-3H3;4-6H,7H2,1-3H3. The third kappa shape index (κ3) is 4.04. The molecule has 2 heterocycles. The molecular formula is C23H29NO2. The lowest BCUT2D eigenvalue weighted by molar-refractivity contribution is 0.174. The van der Waals surface area contributed by atoms with Gasteiger partial charge in [0.15, 0.2) is 11.5 Å². The number of ether oxygens (including phenoxy) is 2. The molecule has 26 heavy (non-hydrogen) atoms. The van der Waals surface area contributed by atoms with Crippen LogP contribution in [-0.4, -0.2) is 11.8 Å². The highest BCUT2D eigenvalue weighted by molar-refractivity contribution is 5.80. The molecule has 1 aliphatic rings. The van der Waals surface area contributed by atoms with E-state index in [4.69, 9.17) is 9.47 Å². The highest BCUT2D eigenvalue weighted by Crippen LogP contribution is 2.36. The van der Waals surface area contributed by atoms with Crippen molar-refractivity contribution in [3.05, 3.63) is 59.8 Å². The molecule has 0 amide bonds. The molecule has 1 aromatic heterocycles. The molecule has 2 aromatic carbocycles. The van der Waals surface area contributed by atoms with Gasteiger partial charge in [-0.2, -0.15) is 0 Å². The number of nitrogens with one attached hydrogen (secondary N) is 1. The van der Waals surface area contributed by atoms with Gasteiger partial charge in [-0.15, -0.1) is 0 Å². The van der Waals surface area contributed by atoms with Gasteiger partial charge in [-0.3, -0.25) is 0 Å². The van der Waals surface area contributed by atoms with Crippen molar-refractivity contribution in [1.82, 2.24) is 4.98 Å². The average molecular weight is 351 g/mol. The SMILES string of the molecule is CC(C)(C)c1ccc2[nH]ccc2c1.CC(C)(C)c1ccc2c(c1)OCO2. The summed E-state index contributed by atoms with van der Waals surface area (Å²) < 4.78 is 10.6. The van der Waals surface area contributed by atoms with Gasteiger partial charge in [0.2, 0.25) is 6.79 Å². The van der Waals surface area contributed by atoms with Gasteiger partial charge in [0.05, 0.1) is 0 Å². The highest BCUT2D eigenvalue weighted by atomic mass is 16.7.